The van der Waals surface area contributed by atoms with Crippen LogP contribution >= 0.6 is 11.6 Å². The molecule has 1 heterocycles. The number of carboxylic acid groups (broad SMARTS) is 1. The van der Waals surface area contributed by atoms with Gasteiger partial charge in [-0.15, -0.1) is 0 Å². The van der Waals surface area contributed by atoms with Crippen LogP contribution in [0.1, 0.15) is 23.7 Å². The number of methoxy groups -OCH3 is 1. The van der Waals surface area contributed by atoms with Crippen LogP contribution in [0.5, 0.6) is 0 Å². The molecule has 126 valence electrons. The summed E-state index contributed by atoms with van der Waals surface area (Å²) < 4.78 is 30.9. The lowest BCUT2D eigenvalue weighted by Crippen LogP contribution is -2.35. The molecule has 1 atom stereocenters. The summed E-state index contributed by atoms with van der Waals surface area (Å²) in [4.78, 5) is 22.5. The Morgan fingerprint density at radius 2 is 2.04 bits per heavy atom. The van der Waals surface area contributed by atoms with Crippen LogP contribution in [-0.4, -0.2) is 50.0 Å². The van der Waals surface area contributed by atoms with Gasteiger partial charge >= 0.3 is 11.9 Å². The second kappa shape index (κ2) is 6.10. The summed E-state index contributed by atoms with van der Waals surface area (Å²) in [5.74, 6) is -1.67. The normalized spacial score (nSPS) is 22.0. The smallest absolute Gasteiger partial charge is 0.337 e. The summed E-state index contributed by atoms with van der Waals surface area (Å²) in [6.45, 7) is 1.48. The fourth-order valence-electron chi connectivity index (χ4n) is 2.39. The van der Waals surface area contributed by atoms with E-state index in [1.807, 2.05) is 0 Å². The van der Waals surface area contributed by atoms with Gasteiger partial charge in [-0.1, -0.05) is 11.6 Å². The number of aliphatic carboxylic acids is 1. The van der Waals surface area contributed by atoms with Crippen LogP contribution in [0.25, 0.3) is 0 Å². The Bertz CT molecular complexity index is 763. The Hall–Kier alpha value is -1.64. The number of benzene rings is 1. The van der Waals surface area contributed by atoms with Crippen molar-refractivity contribution in [3.8, 4) is 0 Å². The molecule has 23 heavy (non-hydrogen) atoms. The molecule has 1 fully saturated rings. The zero-order valence-corrected chi connectivity index (χ0v) is 14.1. The number of carboxylic acids is 1. The molecule has 0 spiro atoms. The third-order valence-corrected chi connectivity index (χ3v) is 6.25. The Balaban J connectivity index is 2.34. The van der Waals surface area contributed by atoms with Crippen molar-refractivity contribution in [3.05, 3.63) is 28.8 Å². The monoisotopic (exact) mass is 361 g/mol. The molecule has 0 amide bonds. The predicted molar refractivity (Wildman–Crippen MR) is 81.9 cm³/mol. The summed E-state index contributed by atoms with van der Waals surface area (Å²) in [6, 6.07) is 3.74. The Morgan fingerprint density at radius 3 is 2.52 bits per heavy atom. The molecular weight excluding hydrogens is 346 g/mol. The average molecular weight is 362 g/mol. The van der Waals surface area contributed by atoms with E-state index in [0.29, 0.717) is 0 Å². The number of carbonyl (C=O) groups excluding carboxylic acids is 1. The van der Waals surface area contributed by atoms with Crippen molar-refractivity contribution in [1.29, 1.82) is 0 Å². The molecule has 1 saturated heterocycles. The largest absolute Gasteiger partial charge is 0.481 e. The highest BCUT2D eigenvalue weighted by Crippen LogP contribution is 2.35. The maximum Gasteiger partial charge on any atom is 0.337 e. The van der Waals surface area contributed by atoms with Gasteiger partial charge in [0.05, 0.1) is 23.1 Å². The van der Waals surface area contributed by atoms with E-state index in [0.717, 1.165) is 4.31 Å². The lowest BCUT2D eigenvalue weighted by molar-refractivity contribution is -0.146. The Kier molecular flexibility index (Phi) is 4.70. The fraction of sp³-hybridized carbons (Fsp3) is 0.429. The van der Waals surface area contributed by atoms with Crippen molar-refractivity contribution in [3.63, 3.8) is 0 Å². The highest BCUT2D eigenvalue weighted by molar-refractivity contribution is 7.89. The number of hydrogen-bond donors (Lipinski definition) is 1. The lowest BCUT2D eigenvalue weighted by atomic mass is 9.90. The third-order valence-electron chi connectivity index (χ3n) is 3.93. The second-order valence-electron chi connectivity index (χ2n) is 5.59. The van der Waals surface area contributed by atoms with Gasteiger partial charge in [0.15, 0.2) is 0 Å². The van der Waals surface area contributed by atoms with Crippen LogP contribution in [0.3, 0.4) is 0 Å². The predicted octanol–water partition coefficient (Wildman–Crippen LogP) is 1.61. The first kappa shape index (κ1) is 17.7. The minimum Gasteiger partial charge on any atom is -0.481 e. The van der Waals surface area contributed by atoms with Crippen molar-refractivity contribution in [2.75, 3.05) is 20.2 Å². The van der Waals surface area contributed by atoms with Crippen LogP contribution < -0.4 is 0 Å². The standard InChI is InChI=1S/C14H16ClNO6S/c1-14(13(18)19)5-6-16(8-14)23(20,21)11-4-3-9(7-10(11)15)12(17)22-2/h3-4,7H,5-6,8H2,1-2H3,(H,18,19). The molecule has 9 heteroatoms. The summed E-state index contributed by atoms with van der Waals surface area (Å²) in [7, 11) is -2.73. The van der Waals surface area contributed by atoms with Crippen LogP contribution in [0.2, 0.25) is 5.02 Å². The quantitative estimate of drug-likeness (QED) is 0.817. The minimum absolute atomic E-state index is 0.0974. The molecule has 0 aliphatic carbocycles. The molecule has 0 radical (unpaired) electrons. The van der Waals surface area contributed by atoms with E-state index < -0.39 is 27.4 Å². The van der Waals surface area contributed by atoms with Crippen molar-refractivity contribution < 1.29 is 27.9 Å². The van der Waals surface area contributed by atoms with Crippen molar-refractivity contribution in [2.45, 2.75) is 18.2 Å². The summed E-state index contributed by atoms with van der Waals surface area (Å²) >= 11 is 6.00. The molecule has 1 aliphatic heterocycles. The Morgan fingerprint density at radius 1 is 1.39 bits per heavy atom. The van der Waals surface area contributed by atoms with Gasteiger partial charge in [-0.2, -0.15) is 4.31 Å². The van der Waals surface area contributed by atoms with E-state index >= 15 is 0 Å². The summed E-state index contributed by atoms with van der Waals surface area (Å²) in [6.07, 6.45) is 0.222. The number of carbonyl (C=O) groups is 2. The molecule has 7 nitrogen and oxygen atoms in total. The minimum atomic E-state index is -3.94. The maximum absolute atomic E-state index is 12.6. The number of nitrogens with zero attached hydrogens (tertiary/aromatic N) is 1. The van der Waals surface area contributed by atoms with Crippen molar-refractivity contribution in [1.82, 2.24) is 4.31 Å². The molecular formula is C14H16ClNO6S. The highest BCUT2D eigenvalue weighted by atomic mass is 35.5. The second-order valence-corrected chi connectivity index (χ2v) is 7.90. The van der Waals surface area contributed by atoms with Gasteiger partial charge in [0, 0.05) is 13.1 Å². The van der Waals surface area contributed by atoms with Gasteiger partial charge in [-0.3, -0.25) is 4.79 Å². The number of esters is 1. The molecule has 1 aliphatic rings. The van der Waals surface area contributed by atoms with Crippen LogP contribution in [-0.2, 0) is 19.6 Å². The van der Waals surface area contributed by atoms with Crippen LogP contribution in [0.15, 0.2) is 23.1 Å². The third kappa shape index (κ3) is 3.19. The molecule has 0 saturated carbocycles. The average Bonchev–Trinajstić information content (AvgIpc) is 2.90. The van der Waals surface area contributed by atoms with Gasteiger partial charge in [0.2, 0.25) is 10.0 Å². The van der Waals surface area contributed by atoms with Crippen LogP contribution in [0, 0.1) is 5.41 Å². The number of sulfonamides is 1. The number of hydrogen-bond acceptors (Lipinski definition) is 5. The topological polar surface area (TPSA) is 101 Å². The fourth-order valence-corrected chi connectivity index (χ4v) is 4.48. The Labute approximate surface area is 138 Å². The van der Waals surface area contributed by atoms with E-state index in [9.17, 15) is 23.1 Å². The summed E-state index contributed by atoms with van der Waals surface area (Å²) in [5, 5.41) is 9.09. The first-order valence-electron chi connectivity index (χ1n) is 6.73. The number of ether oxygens (including phenoxy) is 1. The van der Waals surface area contributed by atoms with Gasteiger partial charge in [-0.05, 0) is 31.5 Å². The molecule has 0 aromatic heterocycles. The van der Waals surface area contributed by atoms with E-state index in [1.54, 1.807) is 0 Å². The molecule has 1 N–H and O–H groups in total. The maximum atomic E-state index is 12.6. The van der Waals surface area contributed by atoms with E-state index in [-0.39, 0.29) is 35.0 Å². The number of rotatable bonds is 4. The van der Waals surface area contributed by atoms with Gasteiger partial charge in [-0.25, -0.2) is 13.2 Å². The first-order chi connectivity index (χ1) is 10.6. The van der Waals surface area contributed by atoms with Crippen LogP contribution in [0.4, 0.5) is 0 Å². The highest BCUT2D eigenvalue weighted by Gasteiger charge is 2.45. The van der Waals surface area contributed by atoms with E-state index in [4.69, 9.17) is 11.6 Å². The SMILES string of the molecule is COC(=O)c1ccc(S(=O)(=O)N2CCC(C)(C(=O)O)C2)c(Cl)c1. The first-order valence-corrected chi connectivity index (χ1v) is 8.55. The van der Waals surface area contributed by atoms with E-state index in [2.05, 4.69) is 4.74 Å². The zero-order valence-electron chi connectivity index (χ0n) is 12.6. The van der Waals surface area contributed by atoms with Crippen molar-refractivity contribution >= 4 is 33.6 Å². The van der Waals surface area contributed by atoms with Crippen molar-refractivity contribution in [2.24, 2.45) is 5.41 Å². The zero-order chi connectivity index (χ0) is 17.4. The summed E-state index contributed by atoms with van der Waals surface area (Å²) in [5.41, 5.74) is -0.987. The van der Waals surface area contributed by atoms with E-state index in [1.165, 1.54) is 32.2 Å². The molecule has 0 bridgehead atoms. The molecule has 2 rings (SSSR count). The molecule has 1 aromatic carbocycles. The molecule has 1 unspecified atom stereocenters. The number of halogens is 1. The van der Waals surface area contributed by atoms with Gasteiger partial charge in [0.25, 0.3) is 0 Å². The lowest BCUT2D eigenvalue weighted by Gasteiger charge is -2.20. The van der Waals surface area contributed by atoms with Gasteiger partial charge in [0.1, 0.15) is 4.90 Å². The van der Waals surface area contributed by atoms with Gasteiger partial charge < -0.3 is 9.84 Å². The molecule has 1 aromatic rings.